The van der Waals surface area contributed by atoms with Gasteiger partial charge in [-0.1, -0.05) is 11.2 Å². The molecule has 0 bridgehead atoms. The number of nitrogens with one attached hydrogen (secondary N) is 1. The Bertz CT molecular complexity index is 448. The summed E-state index contributed by atoms with van der Waals surface area (Å²) in [6.07, 6.45) is 2.02. The minimum atomic E-state index is 0.945. The first-order valence-electron chi connectivity index (χ1n) is 5.31. The van der Waals surface area contributed by atoms with E-state index in [1.54, 1.807) is 0 Å². The maximum atomic E-state index is 5.34. The predicted molar refractivity (Wildman–Crippen MR) is 61.0 cm³/mol. The van der Waals surface area contributed by atoms with Gasteiger partial charge in [0.05, 0.1) is 0 Å². The Labute approximate surface area is 89.5 Å². The van der Waals surface area contributed by atoms with Crippen LogP contribution in [0.25, 0.3) is 10.9 Å². The van der Waals surface area contributed by atoms with E-state index in [1.165, 1.54) is 5.56 Å². The molecule has 0 fully saturated rings. The van der Waals surface area contributed by atoms with Gasteiger partial charge in [0.15, 0.2) is 0 Å². The van der Waals surface area contributed by atoms with E-state index >= 15 is 0 Å². The Hall–Kier alpha value is -1.35. The molecule has 0 spiro atoms. The molecule has 1 heterocycles. The molecule has 1 aromatic heterocycles. The minimum Gasteiger partial charge on any atom is -0.360 e. The molecule has 1 aromatic carbocycles. The number of hydrogen-bond donors (Lipinski definition) is 1. The lowest BCUT2D eigenvalue weighted by Crippen LogP contribution is -2.08. The first-order chi connectivity index (χ1) is 7.31. The van der Waals surface area contributed by atoms with Crippen molar-refractivity contribution in [2.24, 2.45) is 0 Å². The highest BCUT2D eigenvalue weighted by atomic mass is 16.5. The number of nitrogens with zero attached hydrogens (tertiary/aromatic N) is 1. The van der Waals surface area contributed by atoms with E-state index in [-0.39, 0.29) is 0 Å². The Kier molecular flexibility index (Phi) is 3.02. The van der Waals surface area contributed by atoms with E-state index < -0.39 is 0 Å². The lowest BCUT2D eigenvalue weighted by molar-refractivity contribution is 0.388. The Morgan fingerprint density at radius 1 is 1.40 bits per heavy atom. The average Bonchev–Trinajstić information content (AvgIpc) is 2.61. The first kappa shape index (κ1) is 10.2. The molecular formula is C12H16N2O. The van der Waals surface area contributed by atoms with Crippen molar-refractivity contribution in [2.45, 2.75) is 19.8 Å². The fourth-order valence-corrected chi connectivity index (χ4v) is 1.71. The van der Waals surface area contributed by atoms with Crippen LogP contribution in [0.3, 0.4) is 0 Å². The second-order valence-electron chi connectivity index (χ2n) is 3.83. The Balaban J connectivity index is 2.21. The van der Waals surface area contributed by atoms with Crippen LogP contribution in [0.4, 0.5) is 0 Å². The molecule has 0 atom stereocenters. The summed E-state index contributed by atoms with van der Waals surface area (Å²) in [7, 11) is 1.96. The summed E-state index contributed by atoms with van der Waals surface area (Å²) in [6, 6.07) is 6.25. The summed E-state index contributed by atoms with van der Waals surface area (Å²) in [6.45, 7) is 3.07. The van der Waals surface area contributed by atoms with Gasteiger partial charge in [0.2, 0.25) is 0 Å². The molecular weight excluding hydrogens is 188 g/mol. The van der Waals surface area contributed by atoms with Crippen LogP contribution in [-0.2, 0) is 6.42 Å². The highest BCUT2D eigenvalue weighted by molar-refractivity contribution is 5.81. The molecule has 0 aliphatic rings. The fourth-order valence-electron chi connectivity index (χ4n) is 1.71. The van der Waals surface area contributed by atoms with Gasteiger partial charge < -0.3 is 9.84 Å². The van der Waals surface area contributed by atoms with Gasteiger partial charge in [-0.3, -0.25) is 0 Å². The Morgan fingerprint density at radius 2 is 2.27 bits per heavy atom. The standard InChI is InChI=1S/C12H16N2O/c1-9-5-6-10-11(8-9)14-15-12(10)4-3-7-13-2/h5-6,8,13H,3-4,7H2,1-2H3. The molecule has 0 aliphatic carbocycles. The lowest BCUT2D eigenvalue weighted by atomic mass is 10.1. The van der Waals surface area contributed by atoms with Crippen LogP contribution >= 0.6 is 0 Å². The lowest BCUT2D eigenvalue weighted by Gasteiger charge is -1.96. The van der Waals surface area contributed by atoms with Crippen LogP contribution in [0.5, 0.6) is 0 Å². The largest absolute Gasteiger partial charge is 0.360 e. The highest BCUT2D eigenvalue weighted by Crippen LogP contribution is 2.20. The zero-order valence-electron chi connectivity index (χ0n) is 9.21. The zero-order valence-corrected chi connectivity index (χ0v) is 9.21. The molecule has 0 saturated heterocycles. The second kappa shape index (κ2) is 4.45. The molecule has 15 heavy (non-hydrogen) atoms. The van der Waals surface area contributed by atoms with Crippen molar-refractivity contribution in [3.05, 3.63) is 29.5 Å². The molecule has 3 nitrogen and oxygen atoms in total. The third-order valence-electron chi connectivity index (χ3n) is 2.54. The summed E-state index contributed by atoms with van der Waals surface area (Å²) in [5.74, 6) is 1.00. The predicted octanol–water partition coefficient (Wildman–Crippen LogP) is 2.29. The fraction of sp³-hybridized carbons (Fsp3) is 0.417. The smallest absolute Gasteiger partial charge is 0.144 e. The molecule has 2 rings (SSSR count). The highest BCUT2D eigenvalue weighted by Gasteiger charge is 2.07. The van der Waals surface area contributed by atoms with Crippen molar-refractivity contribution >= 4 is 10.9 Å². The van der Waals surface area contributed by atoms with E-state index in [9.17, 15) is 0 Å². The molecule has 0 radical (unpaired) electrons. The number of aromatic nitrogens is 1. The van der Waals surface area contributed by atoms with Gasteiger partial charge in [0.1, 0.15) is 11.3 Å². The topological polar surface area (TPSA) is 38.1 Å². The number of fused-ring (bicyclic) bond motifs is 1. The van der Waals surface area contributed by atoms with Crippen molar-refractivity contribution < 1.29 is 4.52 Å². The van der Waals surface area contributed by atoms with Crippen LogP contribution in [0.2, 0.25) is 0 Å². The number of aryl methyl sites for hydroxylation is 2. The van der Waals surface area contributed by atoms with E-state index in [0.29, 0.717) is 0 Å². The number of hydrogen-bond acceptors (Lipinski definition) is 3. The summed E-state index contributed by atoms with van der Waals surface area (Å²) in [5, 5.41) is 8.34. The number of rotatable bonds is 4. The maximum absolute atomic E-state index is 5.34. The molecule has 1 N–H and O–H groups in total. The van der Waals surface area contributed by atoms with E-state index in [4.69, 9.17) is 4.52 Å². The van der Waals surface area contributed by atoms with Gasteiger partial charge in [0.25, 0.3) is 0 Å². The second-order valence-corrected chi connectivity index (χ2v) is 3.83. The maximum Gasteiger partial charge on any atom is 0.144 e. The van der Waals surface area contributed by atoms with Crippen molar-refractivity contribution in [1.82, 2.24) is 10.5 Å². The summed E-state index contributed by atoms with van der Waals surface area (Å²) >= 11 is 0. The van der Waals surface area contributed by atoms with E-state index in [0.717, 1.165) is 36.0 Å². The first-order valence-corrected chi connectivity index (χ1v) is 5.31. The SMILES string of the molecule is CNCCCc1onc2cc(C)ccc12. The molecule has 0 amide bonds. The minimum absolute atomic E-state index is 0.945. The number of benzene rings is 1. The molecule has 80 valence electrons. The third-order valence-corrected chi connectivity index (χ3v) is 2.54. The van der Waals surface area contributed by atoms with Crippen LogP contribution in [0.1, 0.15) is 17.7 Å². The quantitative estimate of drug-likeness (QED) is 0.776. The summed E-state index contributed by atoms with van der Waals surface area (Å²) < 4.78 is 5.34. The van der Waals surface area contributed by atoms with Gasteiger partial charge in [-0.15, -0.1) is 0 Å². The molecule has 0 unspecified atom stereocenters. The average molecular weight is 204 g/mol. The van der Waals surface area contributed by atoms with Gasteiger partial charge in [-0.2, -0.15) is 0 Å². The van der Waals surface area contributed by atoms with E-state index in [2.05, 4.69) is 35.6 Å². The molecule has 0 aliphatic heterocycles. The van der Waals surface area contributed by atoms with Crippen LogP contribution in [0.15, 0.2) is 22.7 Å². The van der Waals surface area contributed by atoms with Crippen molar-refractivity contribution in [1.29, 1.82) is 0 Å². The van der Waals surface area contributed by atoms with Crippen LogP contribution in [0, 0.1) is 6.92 Å². The third kappa shape index (κ3) is 2.18. The van der Waals surface area contributed by atoms with Crippen LogP contribution < -0.4 is 5.32 Å². The van der Waals surface area contributed by atoms with Gasteiger partial charge in [-0.05, 0) is 44.6 Å². The van der Waals surface area contributed by atoms with Crippen LogP contribution in [-0.4, -0.2) is 18.7 Å². The Morgan fingerprint density at radius 3 is 3.07 bits per heavy atom. The van der Waals surface area contributed by atoms with Crippen molar-refractivity contribution in [3.63, 3.8) is 0 Å². The normalized spacial score (nSPS) is 11.1. The zero-order chi connectivity index (χ0) is 10.7. The molecule has 3 heteroatoms. The molecule has 2 aromatic rings. The van der Waals surface area contributed by atoms with Gasteiger partial charge in [-0.25, -0.2) is 0 Å². The van der Waals surface area contributed by atoms with Crippen molar-refractivity contribution in [2.75, 3.05) is 13.6 Å². The molecule has 0 saturated carbocycles. The van der Waals surface area contributed by atoms with E-state index in [1.807, 2.05) is 7.05 Å². The van der Waals surface area contributed by atoms with Crippen molar-refractivity contribution in [3.8, 4) is 0 Å². The van der Waals surface area contributed by atoms with Gasteiger partial charge in [0, 0.05) is 11.8 Å². The van der Waals surface area contributed by atoms with Gasteiger partial charge >= 0.3 is 0 Å². The summed E-state index contributed by atoms with van der Waals surface area (Å²) in [5.41, 5.74) is 2.19. The summed E-state index contributed by atoms with van der Waals surface area (Å²) in [4.78, 5) is 0. The monoisotopic (exact) mass is 204 g/mol.